The molecular weight excluding hydrogens is 469 g/mol. The number of hydrogen-bond acceptors (Lipinski definition) is 4. The summed E-state index contributed by atoms with van der Waals surface area (Å²) in [6.45, 7) is 2.36. The smallest absolute Gasteiger partial charge is 0.251 e. The summed E-state index contributed by atoms with van der Waals surface area (Å²) in [5.41, 5.74) is 1.54. The van der Waals surface area contributed by atoms with Crippen molar-refractivity contribution in [2.45, 2.75) is 62.4 Å². The molecule has 1 saturated carbocycles. The van der Waals surface area contributed by atoms with Crippen molar-refractivity contribution in [1.82, 2.24) is 14.9 Å². The Morgan fingerprint density at radius 2 is 1.49 bits per heavy atom. The maximum absolute atomic E-state index is 13.2. The van der Waals surface area contributed by atoms with Gasteiger partial charge in [0, 0.05) is 36.7 Å². The van der Waals surface area contributed by atoms with Crippen LogP contribution in [-0.4, -0.2) is 49.7 Å². The number of rotatable bonds is 6. The number of piperidine rings is 1. The van der Waals surface area contributed by atoms with Gasteiger partial charge < -0.3 is 10.6 Å². The molecule has 2 N–H and O–H groups in total. The minimum atomic E-state index is -3.72. The number of nitrogens with one attached hydrogen (secondary N) is 2. The van der Waals surface area contributed by atoms with E-state index in [1.807, 2.05) is 25.1 Å². The zero-order chi connectivity index (χ0) is 25.0. The summed E-state index contributed by atoms with van der Waals surface area (Å²) in [7, 11) is -3.72. The molecular formula is C26H32FN3O4S. The molecule has 4 rings (SSSR count). The largest absolute Gasteiger partial charge is 0.351 e. The fourth-order valence-corrected chi connectivity index (χ4v) is 6.43. The monoisotopic (exact) mass is 501 g/mol. The van der Waals surface area contributed by atoms with Gasteiger partial charge in [0.1, 0.15) is 5.82 Å². The Kier molecular flexibility index (Phi) is 7.86. The lowest BCUT2D eigenvalue weighted by molar-refractivity contribution is -0.127. The van der Waals surface area contributed by atoms with Crippen LogP contribution < -0.4 is 10.6 Å². The third-order valence-corrected chi connectivity index (χ3v) is 8.99. The molecule has 2 aliphatic rings. The topological polar surface area (TPSA) is 95.6 Å². The number of carbonyl (C=O) groups excluding carboxylic acids is 2. The van der Waals surface area contributed by atoms with Gasteiger partial charge in [0.25, 0.3) is 5.91 Å². The Balaban J connectivity index is 1.33. The van der Waals surface area contributed by atoms with Gasteiger partial charge in [0.15, 0.2) is 0 Å². The van der Waals surface area contributed by atoms with Crippen molar-refractivity contribution in [1.29, 1.82) is 0 Å². The maximum Gasteiger partial charge on any atom is 0.251 e. The van der Waals surface area contributed by atoms with Crippen LogP contribution in [0, 0.1) is 18.7 Å². The first kappa shape index (κ1) is 25.3. The van der Waals surface area contributed by atoms with E-state index in [0.717, 1.165) is 43.4 Å². The van der Waals surface area contributed by atoms with E-state index >= 15 is 0 Å². The van der Waals surface area contributed by atoms with Crippen LogP contribution in [-0.2, 0) is 14.8 Å². The second kappa shape index (κ2) is 10.9. The van der Waals surface area contributed by atoms with Crippen molar-refractivity contribution in [3.05, 3.63) is 65.5 Å². The molecule has 1 heterocycles. The molecule has 0 unspecified atom stereocenters. The molecule has 0 bridgehead atoms. The average Bonchev–Trinajstić information content (AvgIpc) is 2.86. The van der Waals surface area contributed by atoms with Crippen LogP contribution in [0.25, 0.3) is 0 Å². The first-order valence-electron chi connectivity index (χ1n) is 12.2. The Hall–Kier alpha value is -2.78. The van der Waals surface area contributed by atoms with Gasteiger partial charge in [-0.25, -0.2) is 12.8 Å². The van der Waals surface area contributed by atoms with Crippen molar-refractivity contribution in [2.24, 2.45) is 5.92 Å². The van der Waals surface area contributed by atoms with E-state index in [1.54, 1.807) is 6.07 Å². The van der Waals surface area contributed by atoms with Crippen LogP contribution in [0.15, 0.2) is 53.4 Å². The number of amides is 2. The zero-order valence-corrected chi connectivity index (χ0v) is 20.7. The number of hydrogen-bond donors (Lipinski definition) is 2. The zero-order valence-electron chi connectivity index (χ0n) is 19.9. The third-order valence-electron chi connectivity index (χ3n) is 7.08. The first-order valence-corrected chi connectivity index (χ1v) is 13.6. The van der Waals surface area contributed by atoms with Crippen LogP contribution in [0.5, 0.6) is 0 Å². The number of aryl methyl sites for hydroxylation is 1. The average molecular weight is 502 g/mol. The number of sulfonamides is 1. The summed E-state index contributed by atoms with van der Waals surface area (Å²) >= 11 is 0. The van der Waals surface area contributed by atoms with Crippen molar-refractivity contribution in [2.75, 3.05) is 13.1 Å². The van der Waals surface area contributed by atoms with Gasteiger partial charge in [-0.05, 0) is 68.5 Å². The van der Waals surface area contributed by atoms with Crippen molar-refractivity contribution < 1.29 is 22.4 Å². The molecule has 1 saturated heterocycles. The maximum atomic E-state index is 13.2. The highest BCUT2D eigenvalue weighted by Crippen LogP contribution is 2.26. The minimum absolute atomic E-state index is 0.0521. The fraction of sp³-hybridized carbons (Fsp3) is 0.462. The molecule has 2 fully saturated rings. The standard InChI is InChI=1S/C26H32FN3O4S/c1-18-6-2-3-7-22(18)26(32)29-24-9-5-4-8-23(24)28-25(31)19-14-16-30(17-15-19)35(33,34)21-12-10-20(27)11-13-21/h2-3,6-7,10-13,19,23-24H,4-5,8-9,14-17H2,1H3,(H,28,31)(H,29,32)/t23-,24-/m1/s1. The molecule has 1 aliphatic carbocycles. The highest BCUT2D eigenvalue weighted by atomic mass is 32.2. The fourth-order valence-electron chi connectivity index (χ4n) is 4.96. The lowest BCUT2D eigenvalue weighted by Gasteiger charge is -2.35. The van der Waals surface area contributed by atoms with Gasteiger partial charge in [-0.2, -0.15) is 4.31 Å². The summed E-state index contributed by atoms with van der Waals surface area (Å²) in [6, 6.07) is 11.9. The van der Waals surface area contributed by atoms with Crippen LogP contribution >= 0.6 is 0 Å². The number of benzene rings is 2. The molecule has 7 nitrogen and oxygen atoms in total. The van der Waals surface area contributed by atoms with E-state index in [1.165, 1.54) is 16.4 Å². The first-order chi connectivity index (χ1) is 16.8. The predicted molar refractivity (Wildman–Crippen MR) is 131 cm³/mol. The van der Waals surface area contributed by atoms with Crippen LogP contribution in [0.2, 0.25) is 0 Å². The molecule has 9 heteroatoms. The molecule has 35 heavy (non-hydrogen) atoms. The third kappa shape index (κ3) is 5.90. The van der Waals surface area contributed by atoms with Gasteiger partial charge in [-0.3, -0.25) is 9.59 Å². The summed E-state index contributed by atoms with van der Waals surface area (Å²) in [6.07, 6.45) is 4.40. The molecule has 0 spiro atoms. The summed E-state index contributed by atoms with van der Waals surface area (Å²) < 4.78 is 40.2. The van der Waals surface area contributed by atoms with Crippen molar-refractivity contribution in [3.8, 4) is 0 Å². The molecule has 2 atom stereocenters. The lowest BCUT2D eigenvalue weighted by atomic mass is 9.88. The number of nitrogens with zero attached hydrogens (tertiary/aromatic N) is 1. The second-order valence-corrected chi connectivity index (χ2v) is 11.4. The van der Waals surface area contributed by atoms with Gasteiger partial charge in [-0.1, -0.05) is 31.0 Å². The Bertz CT molecular complexity index is 1160. The van der Waals surface area contributed by atoms with E-state index in [0.29, 0.717) is 18.4 Å². The van der Waals surface area contributed by atoms with Gasteiger partial charge >= 0.3 is 0 Å². The second-order valence-electron chi connectivity index (χ2n) is 9.43. The Morgan fingerprint density at radius 3 is 2.11 bits per heavy atom. The van der Waals surface area contributed by atoms with Crippen molar-refractivity contribution in [3.63, 3.8) is 0 Å². The highest BCUT2D eigenvalue weighted by molar-refractivity contribution is 7.89. The summed E-state index contributed by atoms with van der Waals surface area (Å²) in [5.74, 6) is -1.00. The van der Waals surface area contributed by atoms with Crippen LogP contribution in [0.4, 0.5) is 4.39 Å². The molecule has 2 amide bonds. The summed E-state index contributed by atoms with van der Waals surface area (Å²) in [5, 5.41) is 6.25. The minimum Gasteiger partial charge on any atom is -0.351 e. The van der Waals surface area contributed by atoms with Gasteiger partial charge in [0.2, 0.25) is 15.9 Å². The Morgan fingerprint density at radius 1 is 0.886 bits per heavy atom. The van der Waals surface area contributed by atoms with E-state index in [2.05, 4.69) is 10.6 Å². The van der Waals surface area contributed by atoms with Gasteiger partial charge in [-0.15, -0.1) is 0 Å². The number of halogens is 1. The van der Waals surface area contributed by atoms with Gasteiger partial charge in [0.05, 0.1) is 4.90 Å². The molecule has 1 aliphatic heterocycles. The predicted octanol–water partition coefficient (Wildman–Crippen LogP) is 3.39. The van der Waals surface area contributed by atoms with Crippen LogP contribution in [0.3, 0.4) is 0 Å². The van der Waals surface area contributed by atoms with E-state index in [9.17, 15) is 22.4 Å². The summed E-state index contributed by atoms with van der Waals surface area (Å²) in [4.78, 5) is 25.9. The quantitative estimate of drug-likeness (QED) is 0.634. The Labute approximate surface area is 206 Å². The lowest BCUT2D eigenvalue weighted by Crippen LogP contribution is -2.55. The normalized spacial score (nSPS) is 21.9. The molecule has 2 aromatic rings. The highest BCUT2D eigenvalue weighted by Gasteiger charge is 2.34. The van der Waals surface area contributed by atoms with E-state index in [-0.39, 0.29) is 47.8 Å². The van der Waals surface area contributed by atoms with Crippen molar-refractivity contribution >= 4 is 21.8 Å². The van der Waals surface area contributed by atoms with Crippen LogP contribution in [0.1, 0.15) is 54.4 Å². The SMILES string of the molecule is Cc1ccccc1C(=O)N[C@@H]1CCCC[C@H]1NC(=O)C1CCN(S(=O)(=O)c2ccc(F)cc2)CC1. The molecule has 0 aromatic heterocycles. The van der Waals surface area contributed by atoms with E-state index < -0.39 is 15.8 Å². The molecule has 2 aromatic carbocycles. The number of carbonyl (C=O) groups is 2. The molecule has 0 radical (unpaired) electrons. The molecule has 188 valence electrons. The van der Waals surface area contributed by atoms with E-state index in [4.69, 9.17) is 0 Å².